The monoisotopic (exact) mass is 356 g/mol. The first-order chi connectivity index (χ1) is 11.2. The van der Waals surface area contributed by atoms with E-state index in [4.69, 9.17) is 0 Å². The van der Waals surface area contributed by atoms with Gasteiger partial charge >= 0.3 is 0 Å². The molecule has 0 N–H and O–H groups in total. The Kier molecular flexibility index (Phi) is 4.66. The Bertz CT molecular complexity index is 617. The lowest BCUT2D eigenvalue weighted by molar-refractivity contribution is -0.148. The first-order valence-corrected chi connectivity index (χ1v) is 10.9. The van der Waals surface area contributed by atoms with Gasteiger partial charge in [0.15, 0.2) is 0 Å². The number of rotatable bonds is 2. The number of hydrogen-bond acceptors (Lipinski definition) is 4. The third-order valence-electron chi connectivity index (χ3n) is 5.96. The Hall–Kier alpha value is -1.11. The van der Waals surface area contributed by atoms with Crippen molar-refractivity contribution in [3.05, 3.63) is 0 Å². The van der Waals surface area contributed by atoms with Gasteiger partial charge in [0.2, 0.25) is 11.8 Å². The molecule has 0 saturated carbocycles. The number of carbonyl (C=O) groups is 2. The van der Waals surface area contributed by atoms with Crippen LogP contribution in [0.25, 0.3) is 0 Å². The summed E-state index contributed by atoms with van der Waals surface area (Å²) >= 11 is 0. The Morgan fingerprint density at radius 3 is 2.46 bits per heavy atom. The quantitative estimate of drug-likeness (QED) is 0.741. The van der Waals surface area contributed by atoms with Crippen molar-refractivity contribution >= 4 is 21.7 Å². The number of carbonyl (C=O) groups excluding carboxylic acids is 2. The Balaban J connectivity index is 1.66. The van der Waals surface area contributed by atoms with E-state index in [1.54, 1.807) is 0 Å². The van der Waals surface area contributed by atoms with Gasteiger partial charge in [-0.3, -0.25) is 9.59 Å². The zero-order valence-electron chi connectivity index (χ0n) is 14.7. The van der Waals surface area contributed by atoms with Crippen LogP contribution in [-0.2, 0) is 19.4 Å². The molecule has 7 heteroatoms. The number of sulfone groups is 1. The molecule has 3 rings (SSSR count). The second-order valence-electron chi connectivity index (χ2n) is 7.91. The molecular formula is C17H28N2O4S. The smallest absolute Gasteiger partial charge is 0.230 e. The van der Waals surface area contributed by atoms with Gasteiger partial charge < -0.3 is 9.80 Å². The molecule has 24 heavy (non-hydrogen) atoms. The zero-order valence-corrected chi connectivity index (χ0v) is 15.5. The molecule has 0 aromatic heterocycles. The Morgan fingerprint density at radius 2 is 1.83 bits per heavy atom. The van der Waals surface area contributed by atoms with Gasteiger partial charge in [-0.15, -0.1) is 0 Å². The molecule has 3 heterocycles. The molecule has 0 radical (unpaired) electrons. The fourth-order valence-corrected chi connectivity index (χ4v) is 5.92. The van der Waals surface area contributed by atoms with Gasteiger partial charge in [-0.1, -0.05) is 0 Å². The van der Waals surface area contributed by atoms with Gasteiger partial charge in [-0.25, -0.2) is 8.42 Å². The van der Waals surface area contributed by atoms with E-state index < -0.39 is 15.3 Å². The lowest BCUT2D eigenvalue weighted by Crippen LogP contribution is -2.53. The fourth-order valence-electron chi connectivity index (χ4n) is 4.43. The van der Waals surface area contributed by atoms with Crippen molar-refractivity contribution < 1.29 is 18.0 Å². The van der Waals surface area contributed by atoms with E-state index in [0.29, 0.717) is 25.9 Å². The summed E-state index contributed by atoms with van der Waals surface area (Å²) in [5.74, 6) is 0.287. The highest BCUT2D eigenvalue weighted by Crippen LogP contribution is 2.41. The van der Waals surface area contributed by atoms with Crippen LogP contribution in [0.2, 0.25) is 0 Å². The van der Waals surface area contributed by atoms with E-state index in [1.807, 2.05) is 23.6 Å². The number of likely N-dealkylation sites (tertiary alicyclic amines) is 2. The van der Waals surface area contributed by atoms with Crippen LogP contribution in [0.3, 0.4) is 0 Å². The first-order valence-electron chi connectivity index (χ1n) is 9.04. The van der Waals surface area contributed by atoms with Crippen molar-refractivity contribution in [2.24, 2.45) is 11.3 Å². The van der Waals surface area contributed by atoms with Crippen molar-refractivity contribution in [1.29, 1.82) is 0 Å². The maximum Gasteiger partial charge on any atom is 0.230 e. The zero-order chi connectivity index (χ0) is 17.5. The molecule has 0 aromatic carbocycles. The van der Waals surface area contributed by atoms with Crippen LogP contribution in [0.5, 0.6) is 0 Å². The average Bonchev–Trinajstić information content (AvgIpc) is 2.94. The lowest BCUT2D eigenvalue weighted by Gasteiger charge is -2.41. The molecular weight excluding hydrogens is 328 g/mol. The number of nitrogens with zero attached hydrogens (tertiary/aromatic N) is 2. The highest BCUT2D eigenvalue weighted by molar-refractivity contribution is 7.91. The number of hydrogen-bond donors (Lipinski definition) is 0. The molecule has 0 bridgehead atoms. The van der Waals surface area contributed by atoms with Gasteiger partial charge in [0.1, 0.15) is 9.84 Å². The summed E-state index contributed by atoms with van der Waals surface area (Å²) in [6.45, 7) is 6.03. The number of piperidine rings is 1. The van der Waals surface area contributed by atoms with E-state index in [9.17, 15) is 18.0 Å². The predicted octanol–water partition coefficient (Wildman–Crippen LogP) is 1.06. The summed E-state index contributed by atoms with van der Waals surface area (Å²) < 4.78 is 23.1. The molecule has 3 fully saturated rings. The van der Waals surface area contributed by atoms with Gasteiger partial charge in [0.05, 0.1) is 16.9 Å². The predicted molar refractivity (Wildman–Crippen MR) is 91.1 cm³/mol. The molecule has 136 valence electrons. The van der Waals surface area contributed by atoms with Crippen LogP contribution in [-0.4, -0.2) is 67.2 Å². The highest BCUT2D eigenvalue weighted by Gasteiger charge is 2.50. The SMILES string of the molecule is CC(C)N1CCCC2(CCN(C(=O)C3CCS(=O)(=O)CC3)C2)C1=O. The molecule has 3 aliphatic heterocycles. The summed E-state index contributed by atoms with van der Waals surface area (Å²) in [4.78, 5) is 29.5. The van der Waals surface area contributed by atoms with Crippen molar-refractivity contribution in [3.63, 3.8) is 0 Å². The summed E-state index contributed by atoms with van der Waals surface area (Å²) in [6, 6.07) is 0.197. The second-order valence-corrected chi connectivity index (χ2v) is 10.2. The first kappa shape index (κ1) is 17.7. The van der Waals surface area contributed by atoms with E-state index in [0.717, 1.165) is 25.8 Å². The molecule has 1 atom stereocenters. The van der Waals surface area contributed by atoms with E-state index in [1.165, 1.54) is 0 Å². The molecule has 0 aliphatic carbocycles. The van der Waals surface area contributed by atoms with E-state index >= 15 is 0 Å². The summed E-state index contributed by atoms with van der Waals surface area (Å²) in [7, 11) is -2.96. The third-order valence-corrected chi connectivity index (χ3v) is 7.68. The molecule has 3 aliphatic rings. The van der Waals surface area contributed by atoms with E-state index in [2.05, 4.69) is 0 Å². The Morgan fingerprint density at radius 1 is 1.17 bits per heavy atom. The van der Waals surface area contributed by atoms with Crippen LogP contribution in [0.1, 0.15) is 46.0 Å². The van der Waals surface area contributed by atoms with Crippen LogP contribution >= 0.6 is 0 Å². The average molecular weight is 356 g/mol. The molecule has 0 aromatic rings. The molecule has 2 amide bonds. The lowest BCUT2D eigenvalue weighted by atomic mass is 9.78. The third kappa shape index (κ3) is 3.19. The van der Waals surface area contributed by atoms with Crippen LogP contribution in [0, 0.1) is 11.3 Å². The summed E-state index contributed by atoms with van der Waals surface area (Å²) in [5, 5.41) is 0. The van der Waals surface area contributed by atoms with Gasteiger partial charge in [0, 0.05) is 31.6 Å². The van der Waals surface area contributed by atoms with Crippen LogP contribution in [0.4, 0.5) is 0 Å². The molecule has 1 spiro atoms. The normalized spacial score (nSPS) is 31.2. The minimum absolute atomic E-state index is 0.0521. The highest BCUT2D eigenvalue weighted by atomic mass is 32.2. The van der Waals surface area contributed by atoms with Gasteiger partial charge in [-0.05, 0) is 46.0 Å². The summed E-state index contributed by atoms with van der Waals surface area (Å²) in [6.07, 6.45) is 3.45. The largest absolute Gasteiger partial charge is 0.341 e. The van der Waals surface area contributed by atoms with Crippen molar-refractivity contribution in [3.8, 4) is 0 Å². The minimum atomic E-state index is -2.96. The number of amides is 2. The maximum absolute atomic E-state index is 12.9. The minimum Gasteiger partial charge on any atom is -0.341 e. The van der Waals surface area contributed by atoms with Gasteiger partial charge in [-0.2, -0.15) is 0 Å². The maximum atomic E-state index is 12.9. The van der Waals surface area contributed by atoms with Gasteiger partial charge in [0.25, 0.3) is 0 Å². The van der Waals surface area contributed by atoms with Crippen LogP contribution < -0.4 is 0 Å². The topological polar surface area (TPSA) is 74.8 Å². The molecule has 3 saturated heterocycles. The Labute approximate surface area is 144 Å². The summed E-state index contributed by atoms with van der Waals surface area (Å²) in [5.41, 5.74) is -0.404. The second kappa shape index (κ2) is 6.32. The van der Waals surface area contributed by atoms with E-state index in [-0.39, 0.29) is 35.3 Å². The molecule has 6 nitrogen and oxygen atoms in total. The fraction of sp³-hybridized carbons (Fsp3) is 0.882. The standard InChI is InChI=1S/C17H28N2O4S/c1-13(2)19-8-3-6-17(16(19)21)7-9-18(12-17)15(20)14-4-10-24(22,23)11-5-14/h13-14H,3-12H2,1-2H3. The van der Waals surface area contributed by atoms with Crippen molar-refractivity contribution in [1.82, 2.24) is 9.80 Å². The van der Waals surface area contributed by atoms with Crippen LogP contribution in [0.15, 0.2) is 0 Å². The van der Waals surface area contributed by atoms with Crippen molar-refractivity contribution in [2.75, 3.05) is 31.1 Å². The molecule has 1 unspecified atom stereocenters. The van der Waals surface area contributed by atoms with Crippen molar-refractivity contribution in [2.45, 2.75) is 52.0 Å².